The molecule has 0 bridgehead atoms. The minimum absolute atomic E-state index is 0.0291. The van der Waals surface area contributed by atoms with Gasteiger partial charge in [0.1, 0.15) is 5.75 Å². The molecule has 4 heteroatoms. The molecular weight excluding hydrogens is 230 g/mol. The van der Waals surface area contributed by atoms with E-state index in [1.165, 1.54) is 0 Å². The van der Waals surface area contributed by atoms with E-state index in [2.05, 4.69) is 5.32 Å². The Morgan fingerprint density at radius 2 is 2.06 bits per heavy atom. The van der Waals surface area contributed by atoms with Crippen LogP contribution in [0.2, 0.25) is 0 Å². The number of hydrogen-bond acceptors (Lipinski definition) is 3. The summed E-state index contributed by atoms with van der Waals surface area (Å²) in [6, 6.07) is 7.44. The second-order valence-corrected chi connectivity index (χ2v) is 4.87. The molecule has 1 aromatic rings. The Morgan fingerprint density at radius 1 is 1.39 bits per heavy atom. The van der Waals surface area contributed by atoms with Crippen LogP contribution in [0.3, 0.4) is 0 Å². The normalized spacial score (nSPS) is 16.8. The monoisotopic (exact) mass is 249 g/mol. The molecule has 4 nitrogen and oxygen atoms in total. The van der Waals surface area contributed by atoms with Crippen LogP contribution in [-0.2, 0) is 11.2 Å². The molecule has 0 aromatic heterocycles. The van der Waals surface area contributed by atoms with Crippen LogP contribution in [-0.4, -0.2) is 30.3 Å². The Hall–Kier alpha value is -1.55. The maximum Gasteiger partial charge on any atom is 0.224 e. The van der Waals surface area contributed by atoms with E-state index in [0.29, 0.717) is 6.42 Å². The number of aliphatic hydroxyl groups excluding tert-OH is 1. The lowest BCUT2D eigenvalue weighted by molar-refractivity contribution is -0.124. The molecule has 2 rings (SSSR count). The standard InChI is InChI=1S/C14H19NO3/c1-18-12-5-3-11(4-6-12)9-13(17)15-14(10-16)7-2-8-14/h3-6,16H,2,7-10H2,1H3,(H,15,17). The number of ether oxygens (including phenoxy) is 1. The highest BCUT2D eigenvalue weighted by Crippen LogP contribution is 2.31. The Kier molecular flexibility index (Phi) is 3.87. The molecule has 1 fully saturated rings. The third-order valence-corrected chi connectivity index (χ3v) is 3.54. The molecule has 2 N–H and O–H groups in total. The van der Waals surface area contributed by atoms with Crippen LogP contribution >= 0.6 is 0 Å². The number of carbonyl (C=O) groups excluding carboxylic acids is 1. The van der Waals surface area contributed by atoms with Crippen molar-refractivity contribution < 1.29 is 14.6 Å². The number of aliphatic hydroxyl groups is 1. The van der Waals surface area contributed by atoms with E-state index < -0.39 is 0 Å². The fourth-order valence-corrected chi connectivity index (χ4v) is 2.19. The summed E-state index contributed by atoms with van der Waals surface area (Å²) in [5.74, 6) is 0.749. The maximum absolute atomic E-state index is 11.9. The summed E-state index contributed by atoms with van der Waals surface area (Å²) in [4.78, 5) is 11.9. The summed E-state index contributed by atoms with van der Waals surface area (Å²) >= 11 is 0. The largest absolute Gasteiger partial charge is 0.497 e. The van der Waals surface area contributed by atoms with Crippen molar-refractivity contribution in [3.63, 3.8) is 0 Å². The van der Waals surface area contributed by atoms with Crippen LogP contribution in [0.5, 0.6) is 5.75 Å². The number of nitrogens with one attached hydrogen (secondary N) is 1. The molecule has 1 amide bonds. The summed E-state index contributed by atoms with van der Waals surface area (Å²) in [5.41, 5.74) is 0.588. The van der Waals surface area contributed by atoms with Crippen LogP contribution < -0.4 is 10.1 Å². The van der Waals surface area contributed by atoms with Crippen molar-refractivity contribution in [3.05, 3.63) is 29.8 Å². The molecule has 1 saturated carbocycles. The highest BCUT2D eigenvalue weighted by molar-refractivity contribution is 5.79. The molecule has 0 heterocycles. The fourth-order valence-electron chi connectivity index (χ4n) is 2.19. The average molecular weight is 249 g/mol. The Morgan fingerprint density at radius 3 is 2.50 bits per heavy atom. The SMILES string of the molecule is COc1ccc(CC(=O)NC2(CO)CCC2)cc1. The molecule has 98 valence electrons. The molecule has 0 saturated heterocycles. The number of benzene rings is 1. The minimum Gasteiger partial charge on any atom is -0.497 e. The minimum atomic E-state index is -0.358. The first kappa shape index (κ1) is 12.9. The maximum atomic E-state index is 11.9. The van der Waals surface area contributed by atoms with Crippen molar-refractivity contribution in [2.45, 2.75) is 31.2 Å². The van der Waals surface area contributed by atoms with Gasteiger partial charge in [0.2, 0.25) is 5.91 Å². The first-order valence-corrected chi connectivity index (χ1v) is 6.22. The third kappa shape index (κ3) is 2.82. The first-order valence-electron chi connectivity index (χ1n) is 6.22. The number of carbonyl (C=O) groups is 1. The summed E-state index contributed by atoms with van der Waals surface area (Å²) in [6.07, 6.45) is 3.16. The van der Waals surface area contributed by atoms with Crippen LogP contribution in [0, 0.1) is 0 Å². The molecule has 0 unspecified atom stereocenters. The second kappa shape index (κ2) is 5.40. The first-order chi connectivity index (χ1) is 8.67. The Balaban J connectivity index is 1.90. The lowest BCUT2D eigenvalue weighted by Gasteiger charge is -2.41. The number of rotatable bonds is 5. The van der Waals surface area contributed by atoms with Gasteiger partial charge in [-0.05, 0) is 37.0 Å². The molecule has 1 aliphatic carbocycles. The fraction of sp³-hybridized carbons (Fsp3) is 0.500. The quantitative estimate of drug-likeness (QED) is 0.826. The van der Waals surface area contributed by atoms with Crippen molar-refractivity contribution >= 4 is 5.91 Å². The van der Waals surface area contributed by atoms with Gasteiger partial charge in [0.25, 0.3) is 0 Å². The van der Waals surface area contributed by atoms with E-state index >= 15 is 0 Å². The number of amides is 1. The van der Waals surface area contributed by atoms with Crippen LogP contribution in [0.15, 0.2) is 24.3 Å². The zero-order chi connectivity index (χ0) is 13.0. The average Bonchev–Trinajstić information content (AvgIpc) is 2.35. The topological polar surface area (TPSA) is 58.6 Å². The van der Waals surface area contributed by atoms with E-state index in [1.54, 1.807) is 7.11 Å². The van der Waals surface area contributed by atoms with Gasteiger partial charge in [0.15, 0.2) is 0 Å². The molecule has 0 atom stereocenters. The highest BCUT2D eigenvalue weighted by atomic mass is 16.5. The van der Waals surface area contributed by atoms with Gasteiger partial charge in [-0.2, -0.15) is 0 Å². The van der Waals surface area contributed by atoms with Gasteiger partial charge in [0.05, 0.1) is 25.7 Å². The van der Waals surface area contributed by atoms with Gasteiger partial charge in [0, 0.05) is 0 Å². The van der Waals surface area contributed by atoms with Crippen molar-refractivity contribution in [2.24, 2.45) is 0 Å². The predicted octanol–water partition coefficient (Wildman–Crippen LogP) is 1.27. The number of hydrogen-bond donors (Lipinski definition) is 2. The zero-order valence-electron chi connectivity index (χ0n) is 10.6. The summed E-state index contributed by atoms with van der Waals surface area (Å²) in [7, 11) is 1.61. The van der Waals surface area contributed by atoms with Crippen LogP contribution in [0.25, 0.3) is 0 Å². The third-order valence-electron chi connectivity index (χ3n) is 3.54. The van der Waals surface area contributed by atoms with E-state index in [1.807, 2.05) is 24.3 Å². The molecular formula is C14H19NO3. The molecule has 1 aromatic carbocycles. The second-order valence-electron chi connectivity index (χ2n) is 4.87. The highest BCUT2D eigenvalue weighted by Gasteiger charge is 2.37. The van der Waals surface area contributed by atoms with Gasteiger partial charge in [-0.1, -0.05) is 12.1 Å². The van der Waals surface area contributed by atoms with Gasteiger partial charge >= 0.3 is 0 Å². The molecule has 18 heavy (non-hydrogen) atoms. The van der Waals surface area contributed by atoms with Crippen molar-refractivity contribution in [1.82, 2.24) is 5.32 Å². The van der Waals surface area contributed by atoms with E-state index in [0.717, 1.165) is 30.6 Å². The van der Waals surface area contributed by atoms with Gasteiger partial charge in [-0.25, -0.2) is 0 Å². The Bertz CT molecular complexity index is 404. The van der Waals surface area contributed by atoms with Gasteiger partial charge in [-0.15, -0.1) is 0 Å². The molecule has 0 aliphatic heterocycles. The van der Waals surface area contributed by atoms with Crippen molar-refractivity contribution in [2.75, 3.05) is 13.7 Å². The number of methoxy groups -OCH3 is 1. The molecule has 1 aliphatic rings. The lowest BCUT2D eigenvalue weighted by atomic mass is 9.77. The molecule has 0 radical (unpaired) electrons. The van der Waals surface area contributed by atoms with E-state index in [-0.39, 0.29) is 18.1 Å². The zero-order valence-corrected chi connectivity index (χ0v) is 10.6. The van der Waals surface area contributed by atoms with Crippen LogP contribution in [0.1, 0.15) is 24.8 Å². The lowest BCUT2D eigenvalue weighted by Crippen LogP contribution is -2.56. The predicted molar refractivity (Wildman–Crippen MR) is 68.5 cm³/mol. The van der Waals surface area contributed by atoms with Gasteiger partial charge < -0.3 is 15.2 Å². The Labute approximate surface area is 107 Å². The van der Waals surface area contributed by atoms with E-state index in [4.69, 9.17) is 4.74 Å². The van der Waals surface area contributed by atoms with Crippen molar-refractivity contribution in [1.29, 1.82) is 0 Å². The van der Waals surface area contributed by atoms with Crippen molar-refractivity contribution in [3.8, 4) is 5.75 Å². The molecule has 0 spiro atoms. The van der Waals surface area contributed by atoms with E-state index in [9.17, 15) is 9.90 Å². The summed E-state index contributed by atoms with van der Waals surface area (Å²) in [5, 5.41) is 12.2. The van der Waals surface area contributed by atoms with Gasteiger partial charge in [-0.3, -0.25) is 4.79 Å². The summed E-state index contributed by atoms with van der Waals surface area (Å²) in [6.45, 7) is 0.0291. The smallest absolute Gasteiger partial charge is 0.224 e. The van der Waals surface area contributed by atoms with Crippen LogP contribution in [0.4, 0.5) is 0 Å². The summed E-state index contributed by atoms with van der Waals surface area (Å²) < 4.78 is 5.07.